The number of nitrogens with one attached hydrogen (secondary N) is 1. The van der Waals surface area contributed by atoms with Crippen LogP contribution >= 0.6 is 0 Å². The lowest BCUT2D eigenvalue weighted by atomic mass is 9.92. The molecule has 1 aliphatic rings. The molecule has 9 heteroatoms. The van der Waals surface area contributed by atoms with Gasteiger partial charge < -0.3 is 9.73 Å². The first-order valence-corrected chi connectivity index (χ1v) is 13.6. The van der Waals surface area contributed by atoms with E-state index in [4.69, 9.17) is 4.42 Å². The first-order chi connectivity index (χ1) is 16.6. The van der Waals surface area contributed by atoms with Crippen LogP contribution < -0.4 is 11.1 Å². The lowest BCUT2D eigenvalue weighted by Gasteiger charge is -2.20. The van der Waals surface area contributed by atoms with Crippen molar-refractivity contribution < 1.29 is 17.6 Å². The number of aryl methyl sites for hydroxylation is 1. The van der Waals surface area contributed by atoms with Gasteiger partial charge in [-0.05, 0) is 47.9 Å². The number of oxazole rings is 1. The molecule has 1 N–H and O–H groups in total. The van der Waals surface area contributed by atoms with E-state index in [2.05, 4.69) is 33.0 Å². The predicted molar refractivity (Wildman–Crippen MR) is 136 cm³/mol. The number of amides is 1. The predicted octanol–water partition coefficient (Wildman–Crippen LogP) is 4.65. The molecule has 0 unspecified atom stereocenters. The molecule has 1 aliphatic heterocycles. The van der Waals surface area contributed by atoms with Crippen molar-refractivity contribution in [2.45, 2.75) is 70.2 Å². The number of fused-ring (bicyclic) bond motifs is 1. The monoisotopic (exact) mass is 499 g/mol. The van der Waals surface area contributed by atoms with Crippen molar-refractivity contribution in [1.82, 2.24) is 8.87 Å². The molecule has 0 aliphatic carbocycles. The zero-order chi connectivity index (χ0) is 25.3. The number of anilines is 1. The molecule has 1 amide bonds. The zero-order valence-electron chi connectivity index (χ0n) is 20.7. The molecule has 1 saturated heterocycles. The van der Waals surface area contributed by atoms with Crippen LogP contribution in [0.4, 0.5) is 5.69 Å². The third-order valence-electron chi connectivity index (χ3n) is 6.54. The average molecular weight is 500 g/mol. The Hall–Kier alpha value is -2.91. The largest absolute Gasteiger partial charge is 0.419 e. The van der Waals surface area contributed by atoms with Crippen LogP contribution in [0.2, 0.25) is 0 Å². The molecule has 0 radical (unpaired) electrons. The van der Waals surface area contributed by atoms with Crippen molar-refractivity contribution in [1.29, 1.82) is 0 Å². The number of carbonyl (C=O) groups is 1. The van der Waals surface area contributed by atoms with E-state index >= 15 is 0 Å². The third-order valence-corrected chi connectivity index (χ3v) is 8.44. The third kappa shape index (κ3) is 5.06. The molecule has 0 spiro atoms. The molecule has 35 heavy (non-hydrogen) atoms. The van der Waals surface area contributed by atoms with Crippen molar-refractivity contribution in [2.75, 3.05) is 18.4 Å². The van der Waals surface area contributed by atoms with E-state index in [1.54, 1.807) is 6.07 Å². The molecule has 1 aromatic heterocycles. The molecule has 8 nitrogen and oxygen atoms in total. The summed E-state index contributed by atoms with van der Waals surface area (Å²) in [6.45, 7) is 9.47. The molecule has 1 fully saturated rings. The first kappa shape index (κ1) is 25.2. The van der Waals surface area contributed by atoms with Gasteiger partial charge >= 0.3 is 5.76 Å². The molecule has 3 aromatic rings. The van der Waals surface area contributed by atoms with Crippen LogP contribution in [0.25, 0.3) is 11.1 Å². The summed E-state index contributed by atoms with van der Waals surface area (Å²) in [4.78, 5) is 25.5. The minimum absolute atomic E-state index is 0.0757. The number of nitrogens with zero attached hydrogens (tertiary/aromatic N) is 2. The summed E-state index contributed by atoms with van der Waals surface area (Å²) in [5.74, 6) is -0.325. The highest BCUT2D eigenvalue weighted by atomic mass is 32.2. The van der Waals surface area contributed by atoms with E-state index in [1.807, 2.05) is 18.2 Å². The van der Waals surface area contributed by atoms with Gasteiger partial charge in [-0.3, -0.25) is 9.36 Å². The minimum atomic E-state index is -3.62. The molecule has 2 heterocycles. The molecular formula is C26H33N3O5S. The van der Waals surface area contributed by atoms with E-state index < -0.39 is 15.8 Å². The lowest BCUT2D eigenvalue weighted by Crippen LogP contribution is -2.27. The van der Waals surface area contributed by atoms with Crippen molar-refractivity contribution in [3.05, 3.63) is 58.1 Å². The van der Waals surface area contributed by atoms with Gasteiger partial charge in [0.2, 0.25) is 15.9 Å². The summed E-state index contributed by atoms with van der Waals surface area (Å²) in [7, 11) is -3.62. The molecule has 0 bridgehead atoms. The van der Waals surface area contributed by atoms with Crippen LogP contribution in [0.3, 0.4) is 0 Å². The summed E-state index contributed by atoms with van der Waals surface area (Å²) in [6, 6.07) is 10.5. The average Bonchev–Trinajstić information content (AvgIpc) is 3.45. The summed E-state index contributed by atoms with van der Waals surface area (Å²) < 4.78 is 33.9. The van der Waals surface area contributed by atoms with Crippen molar-refractivity contribution >= 4 is 32.7 Å². The second-order valence-corrected chi connectivity index (χ2v) is 11.6. The quantitative estimate of drug-likeness (QED) is 0.486. The first-order valence-electron chi connectivity index (χ1n) is 12.2. The number of hydrogen-bond donors (Lipinski definition) is 1. The maximum atomic E-state index is 12.9. The molecule has 188 valence electrons. The van der Waals surface area contributed by atoms with Crippen LogP contribution in [-0.2, 0) is 21.4 Å². The van der Waals surface area contributed by atoms with Crippen LogP contribution in [0.1, 0.15) is 69.9 Å². The van der Waals surface area contributed by atoms with Crippen molar-refractivity contribution in [3.8, 4) is 0 Å². The van der Waals surface area contributed by atoms with Gasteiger partial charge in [-0.25, -0.2) is 13.2 Å². The maximum absolute atomic E-state index is 12.9. The number of para-hydroxylation sites is 1. The summed E-state index contributed by atoms with van der Waals surface area (Å²) in [5, 5.41) is 3.06. The van der Waals surface area contributed by atoms with Crippen LogP contribution in [0.15, 0.2) is 50.5 Å². The maximum Gasteiger partial charge on any atom is 0.419 e. The summed E-state index contributed by atoms with van der Waals surface area (Å²) in [6.07, 6.45) is 1.76. The van der Waals surface area contributed by atoms with E-state index in [1.165, 1.54) is 21.0 Å². The zero-order valence-corrected chi connectivity index (χ0v) is 21.5. The fraction of sp³-hybridized carbons (Fsp3) is 0.462. The van der Waals surface area contributed by atoms with E-state index in [0.717, 1.165) is 29.7 Å². The van der Waals surface area contributed by atoms with Gasteiger partial charge in [-0.15, -0.1) is 0 Å². The minimum Gasteiger partial charge on any atom is -0.408 e. The van der Waals surface area contributed by atoms with Gasteiger partial charge in [0.25, 0.3) is 0 Å². The van der Waals surface area contributed by atoms with Crippen molar-refractivity contribution in [3.63, 3.8) is 0 Å². The number of hydrogen-bond acceptors (Lipinski definition) is 5. The Bertz CT molecular complexity index is 1370. The number of sulfonamides is 1. The van der Waals surface area contributed by atoms with Crippen molar-refractivity contribution in [2.24, 2.45) is 0 Å². The summed E-state index contributed by atoms with van der Waals surface area (Å²) in [5.41, 5.74) is 3.64. The Morgan fingerprint density at radius 1 is 1.03 bits per heavy atom. The molecular weight excluding hydrogens is 466 g/mol. The smallest absolute Gasteiger partial charge is 0.408 e. The van der Waals surface area contributed by atoms with Crippen LogP contribution in [-0.4, -0.2) is 36.3 Å². The Balaban J connectivity index is 1.54. The van der Waals surface area contributed by atoms with Crippen LogP contribution in [0, 0.1) is 0 Å². The Morgan fingerprint density at radius 3 is 2.26 bits per heavy atom. The number of rotatable bonds is 8. The van der Waals surface area contributed by atoms with E-state index in [-0.39, 0.29) is 41.2 Å². The standard InChI is InChI=1S/C26H33N3O5S/c1-17(2)20-8-7-9-21(18(3)4)25(20)27-24(30)12-15-29-22-11-10-19(16-23(22)34-26(29)31)35(32,33)28-13-5-6-14-28/h7-11,16-18H,5-6,12-15H2,1-4H3,(H,27,30). The van der Waals surface area contributed by atoms with E-state index in [9.17, 15) is 18.0 Å². The van der Waals surface area contributed by atoms with Gasteiger partial charge in [0.15, 0.2) is 5.58 Å². The Morgan fingerprint density at radius 2 is 1.66 bits per heavy atom. The second kappa shape index (κ2) is 9.99. The number of carbonyl (C=O) groups excluding carboxylic acids is 1. The molecule has 2 aromatic carbocycles. The van der Waals surface area contributed by atoms with Gasteiger partial charge in [0, 0.05) is 37.8 Å². The Kier molecular flexibility index (Phi) is 7.19. The van der Waals surface area contributed by atoms with Gasteiger partial charge in [0.1, 0.15) is 0 Å². The highest BCUT2D eigenvalue weighted by molar-refractivity contribution is 7.89. The lowest BCUT2D eigenvalue weighted by molar-refractivity contribution is -0.116. The van der Waals surface area contributed by atoms with Gasteiger partial charge in [-0.2, -0.15) is 4.31 Å². The fourth-order valence-electron chi connectivity index (χ4n) is 4.61. The Labute approximate surface area is 206 Å². The van der Waals surface area contributed by atoms with Gasteiger partial charge in [0.05, 0.1) is 10.4 Å². The summed E-state index contributed by atoms with van der Waals surface area (Å²) >= 11 is 0. The molecule has 0 saturated carbocycles. The van der Waals surface area contributed by atoms with Crippen LogP contribution in [0.5, 0.6) is 0 Å². The SMILES string of the molecule is CC(C)c1cccc(C(C)C)c1NC(=O)CCn1c(=O)oc2cc(S(=O)(=O)N3CCCC3)ccc21. The molecule has 4 rings (SSSR count). The molecule has 0 atom stereocenters. The highest BCUT2D eigenvalue weighted by Crippen LogP contribution is 2.32. The van der Waals surface area contributed by atoms with E-state index in [0.29, 0.717) is 18.6 Å². The fourth-order valence-corrected chi connectivity index (χ4v) is 6.14. The topological polar surface area (TPSA) is 102 Å². The highest BCUT2D eigenvalue weighted by Gasteiger charge is 2.28. The number of benzene rings is 2. The normalized spacial score (nSPS) is 14.9. The second-order valence-electron chi connectivity index (χ2n) is 9.68. The van der Waals surface area contributed by atoms with Gasteiger partial charge in [-0.1, -0.05) is 45.9 Å². The number of aromatic nitrogens is 1.